The third-order valence-corrected chi connectivity index (χ3v) is 7.15. The van der Waals surface area contributed by atoms with Gasteiger partial charge in [0.2, 0.25) is 11.8 Å². The van der Waals surface area contributed by atoms with E-state index >= 15 is 0 Å². The molecule has 3 N–H and O–H groups in total. The first-order valence-corrected chi connectivity index (χ1v) is 12.3. The monoisotopic (exact) mass is 439 g/mol. The zero-order valence-electron chi connectivity index (χ0n) is 19.2. The van der Waals surface area contributed by atoms with Crippen LogP contribution >= 0.6 is 0 Å². The minimum Gasteiger partial charge on any atom is -0.352 e. The number of hydrogen-bond donors (Lipinski definition) is 3. The second kappa shape index (κ2) is 10.8. The van der Waals surface area contributed by atoms with Crippen molar-refractivity contribution in [3.8, 4) is 0 Å². The molecule has 7 heteroatoms. The van der Waals surface area contributed by atoms with Gasteiger partial charge < -0.3 is 20.9 Å². The number of aliphatic imine (C=N–C) groups is 1. The molecule has 2 aliphatic carbocycles. The van der Waals surface area contributed by atoms with Crippen LogP contribution in [0.25, 0.3) is 0 Å². The number of carbonyl (C=O) groups excluding carboxylic acids is 2. The number of nitrogens with one attached hydrogen (secondary N) is 3. The van der Waals surface area contributed by atoms with Crippen molar-refractivity contribution in [1.29, 1.82) is 0 Å². The van der Waals surface area contributed by atoms with E-state index in [1.807, 2.05) is 29.2 Å². The molecule has 3 aliphatic rings. The van der Waals surface area contributed by atoms with Crippen LogP contribution < -0.4 is 16.0 Å². The number of anilines is 1. The molecule has 2 saturated carbocycles. The third kappa shape index (κ3) is 5.81. The molecule has 0 aromatic heterocycles. The van der Waals surface area contributed by atoms with E-state index in [1.54, 1.807) is 7.05 Å². The Labute approximate surface area is 191 Å². The van der Waals surface area contributed by atoms with Crippen LogP contribution in [-0.4, -0.2) is 48.9 Å². The van der Waals surface area contributed by atoms with Crippen LogP contribution in [0.3, 0.4) is 0 Å². The van der Waals surface area contributed by atoms with Gasteiger partial charge in [0, 0.05) is 50.2 Å². The highest BCUT2D eigenvalue weighted by Gasteiger charge is 2.31. The molecule has 7 nitrogen and oxygen atoms in total. The molecule has 1 saturated heterocycles. The van der Waals surface area contributed by atoms with Crippen LogP contribution in [0, 0.1) is 11.8 Å². The van der Waals surface area contributed by atoms with Crippen molar-refractivity contribution in [3.05, 3.63) is 29.8 Å². The molecule has 1 aliphatic heterocycles. The van der Waals surface area contributed by atoms with Crippen LogP contribution in [0.15, 0.2) is 29.3 Å². The number of hydrogen-bond acceptors (Lipinski definition) is 3. The highest BCUT2D eigenvalue weighted by atomic mass is 16.2. The molecule has 0 radical (unpaired) electrons. The van der Waals surface area contributed by atoms with Gasteiger partial charge in [-0.1, -0.05) is 37.8 Å². The Hall–Kier alpha value is -2.57. The van der Waals surface area contributed by atoms with E-state index in [1.165, 1.54) is 19.3 Å². The summed E-state index contributed by atoms with van der Waals surface area (Å²) in [7, 11) is 1.77. The summed E-state index contributed by atoms with van der Waals surface area (Å²) in [5.74, 6) is 1.63. The van der Waals surface area contributed by atoms with E-state index in [2.05, 4.69) is 20.9 Å². The van der Waals surface area contributed by atoms with Gasteiger partial charge in [-0.15, -0.1) is 0 Å². The van der Waals surface area contributed by atoms with Crippen molar-refractivity contribution < 1.29 is 9.59 Å². The smallest absolute Gasteiger partial charge is 0.227 e. The Morgan fingerprint density at radius 1 is 1.03 bits per heavy atom. The summed E-state index contributed by atoms with van der Waals surface area (Å²) < 4.78 is 0. The lowest BCUT2D eigenvalue weighted by molar-refractivity contribution is -0.135. The van der Waals surface area contributed by atoms with Gasteiger partial charge in [-0.2, -0.15) is 0 Å². The van der Waals surface area contributed by atoms with Crippen molar-refractivity contribution in [2.24, 2.45) is 16.8 Å². The molecular weight excluding hydrogens is 402 g/mol. The molecule has 1 unspecified atom stereocenters. The van der Waals surface area contributed by atoms with E-state index in [9.17, 15) is 9.59 Å². The highest BCUT2D eigenvalue weighted by Crippen LogP contribution is 2.28. The topological polar surface area (TPSA) is 85.8 Å². The molecule has 0 spiro atoms. The Morgan fingerprint density at radius 3 is 2.53 bits per heavy atom. The summed E-state index contributed by atoms with van der Waals surface area (Å²) in [6.07, 6.45) is 9.85. The largest absolute Gasteiger partial charge is 0.352 e. The van der Waals surface area contributed by atoms with Crippen LogP contribution in [0.1, 0.15) is 63.4 Å². The quantitative estimate of drug-likeness (QED) is 0.469. The Morgan fingerprint density at radius 2 is 1.81 bits per heavy atom. The van der Waals surface area contributed by atoms with Crippen LogP contribution in [0.2, 0.25) is 0 Å². The van der Waals surface area contributed by atoms with E-state index in [-0.39, 0.29) is 23.8 Å². The summed E-state index contributed by atoms with van der Waals surface area (Å²) in [5, 5.41) is 9.88. The summed E-state index contributed by atoms with van der Waals surface area (Å²) in [6.45, 7) is 2.19. The molecule has 1 aromatic carbocycles. The lowest BCUT2D eigenvalue weighted by atomic mass is 9.85. The standard InChI is InChI=1S/C25H37N5O2/c1-26-25(29-22-13-14-30(17-22)24(32)20-8-3-2-4-9-20)27-16-18-7-5-12-21(15-18)28-23(31)19-10-6-11-19/h5,7,12,15,19-20,22H,2-4,6,8-11,13-14,16-17H2,1H3,(H,28,31)(H2,26,27,29). The van der Waals surface area contributed by atoms with E-state index < -0.39 is 0 Å². The molecule has 2 amide bonds. The second-order valence-corrected chi connectivity index (χ2v) is 9.49. The molecule has 32 heavy (non-hydrogen) atoms. The normalized spacial score (nSPS) is 22.3. The van der Waals surface area contributed by atoms with Crippen molar-refractivity contribution in [3.63, 3.8) is 0 Å². The average molecular weight is 440 g/mol. The molecule has 4 rings (SSSR count). The van der Waals surface area contributed by atoms with Crippen molar-refractivity contribution in [2.45, 2.75) is 70.4 Å². The predicted octanol–water partition coefficient (Wildman–Crippen LogP) is 3.27. The average Bonchev–Trinajstić information content (AvgIpc) is 3.24. The number of likely N-dealkylation sites (tertiary alicyclic amines) is 1. The lowest BCUT2D eigenvalue weighted by Crippen LogP contribution is -2.45. The first kappa shape index (κ1) is 22.6. The summed E-state index contributed by atoms with van der Waals surface area (Å²) in [4.78, 5) is 31.4. The molecule has 0 bridgehead atoms. The maximum atomic E-state index is 12.8. The van der Waals surface area contributed by atoms with Gasteiger partial charge in [-0.05, 0) is 49.8 Å². The summed E-state index contributed by atoms with van der Waals surface area (Å²) >= 11 is 0. The SMILES string of the molecule is CN=C(NCc1cccc(NC(=O)C2CCC2)c1)NC1CCN(C(=O)C2CCCCC2)C1. The maximum absolute atomic E-state index is 12.8. The van der Waals surface area contributed by atoms with Crippen LogP contribution in [0.5, 0.6) is 0 Å². The Balaban J connectivity index is 1.23. The second-order valence-electron chi connectivity index (χ2n) is 9.49. The fourth-order valence-electron chi connectivity index (χ4n) is 4.93. The number of amides is 2. The summed E-state index contributed by atoms with van der Waals surface area (Å²) in [6, 6.07) is 8.18. The van der Waals surface area contributed by atoms with Gasteiger partial charge in [-0.25, -0.2) is 0 Å². The number of nitrogens with zero attached hydrogens (tertiary/aromatic N) is 2. The van der Waals surface area contributed by atoms with E-state index in [0.717, 1.165) is 68.8 Å². The molecule has 1 aromatic rings. The van der Waals surface area contributed by atoms with Gasteiger partial charge in [0.15, 0.2) is 5.96 Å². The fourth-order valence-corrected chi connectivity index (χ4v) is 4.93. The minimum absolute atomic E-state index is 0.132. The molecule has 3 fully saturated rings. The Kier molecular flexibility index (Phi) is 7.66. The number of rotatable bonds is 6. The van der Waals surface area contributed by atoms with Gasteiger partial charge >= 0.3 is 0 Å². The van der Waals surface area contributed by atoms with Crippen molar-refractivity contribution in [1.82, 2.24) is 15.5 Å². The van der Waals surface area contributed by atoms with Gasteiger partial charge in [0.05, 0.1) is 0 Å². The summed E-state index contributed by atoms with van der Waals surface area (Å²) in [5.41, 5.74) is 1.93. The zero-order valence-corrected chi connectivity index (χ0v) is 19.2. The highest BCUT2D eigenvalue weighted by molar-refractivity contribution is 5.93. The first-order chi connectivity index (χ1) is 15.6. The van der Waals surface area contributed by atoms with Crippen molar-refractivity contribution >= 4 is 23.5 Å². The number of guanidine groups is 1. The number of benzene rings is 1. The molecular formula is C25H37N5O2. The zero-order chi connectivity index (χ0) is 22.3. The molecule has 174 valence electrons. The van der Waals surface area contributed by atoms with Gasteiger partial charge in [0.1, 0.15) is 0 Å². The minimum atomic E-state index is 0.132. The maximum Gasteiger partial charge on any atom is 0.227 e. The van der Waals surface area contributed by atoms with Crippen LogP contribution in [0.4, 0.5) is 5.69 Å². The lowest BCUT2D eigenvalue weighted by Gasteiger charge is -2.26. The van der Waals surface area contributed by atoms with Gasteiger partial charge in [0.25, 0.3) is 0 Å². The van der Waals surface area contributed by atoms with Gasteiger partial charge in [-0.3, -0.25) is 14.6 Å². The molecule has 1 heterocycles. The van der Waals surface area contributed by atoms with Crippen LogP contribution in [-0.2, 0) is 16.1 Å². The predicted molar refractivity (Wildman–Crippen MR) is 127 cm³/mol. The fraction of sp³-hybridized carbons (Fsp3) is 0.640. The van der Waals surface area contributed by atoms with E-state index in [4.69, 9.17) is 0 Å². The molecule has 1 atom stereocenters. The van der Waals surface area contributed by atoms with Crippen molar-refractivity contribution in [2.75, 3.05) is 25.5 Å². The Bertz CT molecular complexity index is 829. The number of carbonyl (C=O) groups is 2. The third-order valence-electron chi connectivity index (χ3n) is 7.15. The first-order valence-electron chi connectivity index (χ1n) is 12.3. The van der Waals surface area contributed by atoms with E-state index in [0.29, 0.717) is 12.5 Å².